The lowest BCUT2D eigenvalue weighted by atomic mass is 10.1. The number of amides is 1. The fraction of sp³-hybridized carbons (Fsp3) is 0.125. The van der Waals surface area contributed by atoms with Crippen molar-refractivity contribution in [2.24, 2.45) is 5.73 Å². The topological polar surface area (TPSA) is 66.6 Å². The van der Waals surface area contributed by atoms with Crippen LogP contribution in [-0.4, -0.2) is 18.2 Å². The van der Waals surface area contributed by atoms with Crippen molar-refractivity contribution in [3.8, 4) is 0 Å². The molecule has 5 heteroatoms. The predicted octanol–water partition coefficient (Wildman–Crippen LogP) is 0.750. The van der Waals surface area contributed by atoms with E-state index >= 15 is 0 Å². The number of carbonyl (C=O) groups is 1. The van der Waals surface area contributed by atoms with E-state index in [4.69, 9.17) is 10.9 Å². The van der Waals surface area contributed by atoms with Crippen LogP contribution in [0.1, 0.15) is 10.4 Å². The maximum Gasteiger partial charge on any atom is 0.253 e. The summed E-state index contributed by atoms with van der Waals surface area (Å²) in [6.07, 6.45) is 0. The number of hydrogen-bond acceptors (Lipinski definition) is 3. The van der Waals surface area contributed by atoms with E-state index in [1.54, 1.807) is 0 Å². The van der Waals surface area contributed by atoms with Crippen LogP contribution in [0, 0.1) is 5.82 Å². The van der Waals surface area contributed by atoms with Crippen molar-refractivity contribution in [3.05, 3.63) is 29.6 Å². The number of nitrogens with two attached hydrogens (primary N) is 1. The summed E-state index contributed by atoms with van der Waals surface area (Å²) in [5.41, 5.74) is 4.67. The van der Waals surface area contributed by atoms with Crippen LogP contribution >= 0.6 is 0 Å². The molecule has 70 valence electrons. The highest BCUT2D eigenvalue weighted by molar-refractivity contribution is 5.98. The molecule has 0 aliphatic heterocycles. The van der Waals surface area contributed by atoms with Crippen LogP contribution in [0.4, 0.5) is 10.1 Å². The van der Waals surface area contributed by atoms with E-state index in [1.165, 1.54) is 19.2 Å². The SMILES string of the molecule is CN(O)c1cccc(F)c1C(N)=O. The normalized spacial score (nSPS) is 9.77. The quantitative estimate of drug-likeness (QED) is 0.666. The minimum absolute atomic E-state index is 0.0486. The highest BCUT2D eigenvalue weighted by Gasteiger charge is 2.15. The molecule has 1 rings (SSSR count). The van der Waals surface area contributed by atoms with Crippen molar-refractivity contribution in [2.75, 3.05) is 12.1 Å². The van der Waals surface area contributed by atoms with Crippen molar-refractivity contribution < 1.29 is 14.4 Å². The number of carbonyl (C=O) groups excluding carboxylic acids is 1. The molecule has 1 amide bonds. The monoisotopic (exact) mass is 184 g/mol. The first-order valence-electron chi connectivity index (χ1n) is 3.55. The second kappa shape index (κ2) is 3.40. The molecule has 0 saturated carbocycles. The van der Waals surface area contributed by atoms with Crippen LogP contribution in [0.15, 0.2) is 18.2 Å². The zero-order valence-corrected chi connectivity index (χ0v) is 6.99. The standard InChI is InChI=1S/C8H9FN2O2/c1-11(13)6-4-2-3-5(9)7(6)8(10)12/h2-4,13H,1H3,(H2,10,12). The fourth-order valence-electron chi connectivity index (χ4n) is 1.03. The molecule has 0 aliphatic rings. The van der Waals surface area contributed by atoms with Crippen molar-refractivity contribution in [1.29, 1.82) is 0 Å². The zero-order chi connectivity index (χ0) is 10.0. The molecule has 0 fully saturated rings. The molecule has 0 unspecified atom stereocenters. The third-order valence-electron chi connectivity index (χ3n) is 1.59. The van der Waals surface area contributed by atoms with E-state index < -0.39 is 11.7 Å². The number of hydrogen-bond donors (Lipinski definition) is 2. The fourth-order valence-corrected chi connectivity index (χ4v) is 1.03. The number of hydroxylamine groups is 1. The number of primary amides is 1. The predicted molar refractivity (Wildman–Crippen MR) is 45.1 cm³/mol. The lowest BCUT2D eigenvalue weighted by Crippen LogP contribution is -2.20. The second-order valence-electron chi connectivity index (χ2n) is 2.52. The summed E-state index contributed by atoms with van der Waals surface area (Å²) in [6, 6.07) is 3.88. The first-order valence-corrected chi connectivity index (χ1v) is 3.55. The Hall–Kier alpha value is -1.62. The lowest BCUT2D eigenvalue weighted by Gasteiger charge is -2.13. The van der Waals surface area contributed by atoms with Crippen LogP contribution in [-0.2, 0) is 0 Å². The highest BCUT2D eigenvalue weighted by Crippen LogP contribution is 2.20. The first kappa shape index (κ1) is 9.47. The molecular formula is C8H9FN2O2. The summed E-state index contributed by atoms with van der Waals surface area (Å²) in [5, 5.41) is 9.68. The minimum atomic E-state index is -0.908. The Morgan fingerprint density at radius 1 is 1.62 bits per heavy atom. The lowest BCUT2D eigenvalue weighted by molar-refractivity contribution is 0.0995. The van der Waals surface area contributed by atoms with E-state index in [2.05, 4.69) is 0 Å². The van der Waals surface area contributed by atoms with Gasteiger partial charge in [-0.25, -0.2) is 4.39 Å². The van der Waals surface area contributed by atoms with E-state index in [0.717, 1.165) is 6.07 Å². The van der Waals surface area contributed by atoms with Gasteiger partial charge in [-0.15, -0.1) is 0 Å². The maximum atomic E-state index is 13.0. The molecule has 0 bridgehead atoms. The van der Waals surface area contributed by atoms with Gasteiger partial charge in [-0.3, -0.25) is 15.1 Å². The molecule has 13 heavy (non-hydrogen) atoms. The van der Waals surface area contributed by atoms with Crippen molar-refractivity contribution in [2.45, 2.75) is 0 Å². The van der Waals surface area contributed by atoms with Gasteiger partial charge in [0.25, 0.3) is 5.91 Å². The van der Waals surface area contributed by atoms with E-state index in [-0.39, 0.29) is 11.3 Å². The Morgan fingerprint density at radius 3 is 2.62 bits per heavy atom. The van der Waals surface area contributed by atoms with E-state index in [9.17, 15) is 9.18 Å². The van der Waals surface area contributed by atoms with Gasteiger partial charge >= 0.3 is 0 Å². The van der Waals surface area contributed by atoms with E-state index in [0.29, 0.717) is 5.06 Å². The summed E-state index contributed by atoms with van der Waals surface area (Å²) in [7, 11) is 1.28. The average molecular weight is 184 g/mol. The Labute approximate surface area is 74.3 Å². The summed E-state index contributed by atoms with van der Waals surface area (Å²) in [4.78, 5) is 10.8. The maximum absolute atomic E-state index is 13.0. The molecule has 0 spiro atoms. The molecule has 0 heterocycles. The molecule has 0 atom stereocenters. The Bertz CT molecular complexity index is 339. The van der Waals surface area contributed by atoms with Gasteiger partial charge in [-0.1, -0.05) is 6.07 Å². The molecule has 1 aromatic rings. The molecule has 1 aromatic carbocycles. The molecule has 3 N–H and O–H groups in total. The van der Waals surface area contributed by atoms with Crippen molar-refractivity contribution in [3.63, 3.8) is 0 Å². The van der Waals surface area contributed by atoms with Gasteiger partial charge in [0.15, 0.2) is 0 Å². The number of anilines is 1. The Kier molecular flexibility index (Phi) is 2.48. The van der Waals surface area contributed by atoms with Gasteiger partial charge in [-0.2, -0.15) is 0 Å². The molecular weight excluding hydrogens is 175 g/mol. The summed E-state index contributed by atoms with van der Waals surface area (Å²) in [6.45, 7) is 0. The third kappa shape index (κ3) is 1.75. The van der Waals surface area contributed by atoms with Gasteiger partial charge in [0.2, 0.25) is 0 Å². The minimum Gasteiger partial charge on any atom is -0.365 e. The average Bonchev–Trinajstić information content (AvgIpc) is 2.02. The Morgan fingerprint density at radius 2 is 2.23 bits per heavy atom. The highest BCUT2D eigenvalue weighted by atomic mass is 19.1. The van der Waals surface area contributed by atoms with Gasteiger partial charge < -0.3 is 5.73 Å². The molecule has 0 radical (unpaired) electrons. The van der Waals surface area contributed by atoms with Crippen molar-refractivity contribution in [1.82, 2.24) is 0 Å². The summed E-state index contributed by atoms with van der Waals surface area (Å²) >= 11 is 0. The molecule has 0 saturated heterocycles. The summed E-state index contributed by atoms with van der Waals surface area (Å²) < 4.78 is 13.0. The van der Waals surface area contributed by atoms with Gasteiger partial charge in [0.05, 0.1) is 5.69 Å². The van der Waals surface area contributed by atoms with Gasteiger partial charge in [0.1, 0.15) is 11.4 Å². The zero-order valence-electron chi connectivity index (χ0n) is 6.99. The third-order valence-corrected chi connectivity index (χ3v) is 1.59. The van der Waals surface area contributed by atoms with Crippen LogP contribution < -0.4 is 10.8 Å². The summed E-state index contributed by atoms with van der Waals surface area (Å²) in [5.74, 6) is -1.65. The van der Waals surface area contributed by atoms with Crippen LogP contribution in [0.5, 0.6) is 0 Å². The van der Waals surface area contributed by atoms with E-state index in [1.807, 2.05) is 0 Å². The number of benzene rings is 1. The largest absolute Gasteiger partial charge is 0.365 e. The van der Waals surface area contributed by atoms with Crippen molar-refractivity contribution >= 4 is 11.6 Å². The smallest absolute Gasteiger partial charge is 0.253 e. The van der Waals surface area contributed by atoms with Gasteiger partial charge in [-0.05, 0) is 12.1 Å². The van der Waals surface area contributed by atoms with Crippen LogP contribution in [0.25, 0.3) is 0 Å². The molecule has 0 aliphatic carbocycles. The Balaban J connectivity index is 3.34. The first-order chi connectivity index (χ1) is 6.04. The number of nitrogens with zero attached hydrogens (tertiary/aromatic N) is 1. The second-order valence-corrected chi connectivity index (χ2v) is 2.52. The molecule has 0 aromatic heterocycles. The molecule has 4 nitrogen and oxygen atoms in total. The van der Waals surface area contributed by atoms with Crippen LogP contribution in [0.3, 0.4) is 0 Å². The number of rotatable bonds is 2. The number of halogens is 1. The van der Waals surface area contributed by atoms with Gasteiger partial charge in [0, 0.05) is 7.05 Å². The van der Waals surface area contributed by atoms with Crippen LogP contribution in [0.2, 0.25) is 0 Å².